The molecule has 1 amide bonds. The summed E-state index contributed by atoms with van der Waals surface area (Å²) in [4.78, 5) is 12.1. The van der Waals surface area contributed by atoms with Crippen molar-refractivity contribution in [1.82, 2.24) is 5.32 Å². The number of carbonyl (C=O) groups excluding carboxylic acids is 1. The smallest absolute Gasteiger partial charge is 0.408 e. The van der Waals surface area contributed by atoms with Crippen LogP contribution < -0.4 is 16.9 Å². The summed E-state index contributed by atoms with van der Waals surface area (Å²) in [6, 6.07) is 15.9. The fourth-order valence-corrected chi connectivity index (χ4v) is 2.66. The van der Waals surface area contributed by atoms with Gasteiger partial charge in [-0.15, -0.1) is 0 Å². The van der Waals surface area contributed by atoms with Gasteiger partial charge in [-0.1, -0.05) is 54.1 Å². The first-order valence-electron chi connectivity index (χ1n) is 8.86. The second-order valence-corrected chi connectivity index (χ2v) is 7.52. The fraction of sp³-hybridized carbons (Fsp3) is 0.333. The maximum Gasteiger partial charge on any atom is 0.408 e. The Morgan fingerprint density at radius 2 is 1.81 bits per heavy atom. The number of nitrogens with zero attached hydrogens (tertiary/aromatic N) is 1. The van der Waals surface area contributed by atoms with Crippen LogP contribution in [0.1, 0.15) is 31.9 Å². The van der Waals surface area contributed by atoms with E-state index >= 15 is 0 Å². The maximum atomic E-state index is 12.1. The van der Waals surface area contributed by atoms with Crippen molar-refractivity contribution in [3.63, 3.8) is 0 Å². The third kappa shape index (κ3) is 6.33. The Bertz CT molecular complexity index is 808. The molecular formula is C21H28N4O2. The Balaban J connectivity index is 2.12. The van der Waals surface area contributed by atoms with Crippen molar-refractivity contribution in [3.8, 4) is 11.1 Å². The van der Waals surface area contributed by atoms with E-state index in [9.17, 15) is 4.79 Å². The first-order chi connectivity index (χ1) is 12.7. The molecule has 2 rings (SSSR count). The van der Waals surface area contributed by atoms with Crippen molar-refractivity contribution in [2.45, 2.75) is 45.8 Å². The van der Waals surface area contributed by atoms with Gasteiger partial charge in [-0.2, -0.15) is 5.10 Å². The van der Waals surface area contributed by atoms with Gasteiger partial charge in [0.15, 0.2) is 0 Å². The molecule has 27 heavy (non-hydrogen) atoms. The van der Waals surface area contributed by atoms with Crippen LogP contribution >= 0.6 is 0 Å². The van der Waals surface area contributed by atoms with E-state index in [0.29, 0.717) is 6.42 Å². The van der Waals surface area contributed by atoms with Crippen LogP contribution in [0.15, 0.2) is 53.6 Å². The number of amides is 1. The van der Waals surface area contributed by atoms with Crippen LogP contribution in [0.4, 0.5) is 4.79 Å². The minimum atomic E-state index is -0.598. The van der Waals surface area contributed by atoms with Crippen LogP contribution in [0.25, 0.3) is 11.1 Å². The molecule has 5 N–H and O–H groups in total. The average Bonchev–Trinajstić information content (AvgIpc) is 2.59. The van der Waals surface area contributed by atoms with Crippen molar-refractivity contribution in [2.24, 2.45) is 16.7 Å². The molecule has 0 aliphatic rings. The third-order valence-electron chi connectivity index (χ3n) is 3.94. The van der Waals surface area contributed by atoms with Gasteiger partial charge in [0.2, 0.25) is 0 Å². The molecule has 1 atom stereocenters. The molecule has 0 spiro atoms. The van der Waals surface area contributed by atoms with Gasteiger partial charge in [-0.25, -0.2) is 4.79 Å². The number of amidine groups is 1. The molecular weight excluding hydrogens is 340 g/mol. The summed E-state index contributed by atoms with van der Waals surface area (Å²) < 4.78 is 5.29. The van der Waals surface area contributed by atoms with E-state index < -0.39 is 17.7 Å². The van der Waals surface area contributed by atoms with E-state index in [1.807, 2.05) is 30.3 Å². The van der Waals surface area contributed by atoms with Crippen LogP contribution in [0, 0.1) is 6.92 Å². The molecule has 2 aromatic rings. The van der Waals surface area contributed by atoms with Crippen molar-refractivity contribution < 1.29 is 9.53 Å². The molecule has 0 aromatic heterocycles. The lowest BCUT2D eigenvalue weighted by molar-refractivity contribution is 0.0517. The Morgan fingerprint density at radius 3 is 2.37 bits per heavy atom. The number of aryl methyl sites for hydroxylation is 1. The third-order valence-corrected chi connectivity index (χ3v) is 3.94. The Labute approximate surface area is 160 Å². The SMILES string of the molecule is Cc1cccc(-c2ccc(C[C@H](NC(=O)OC(C)(C)C)/C(N)=N/N)cc2)c1. The number of ether oxygens (including phenoxy) is 1. The molecule has 2 aromatic carbocycles. The Kier molecular flexibility index (Phi) is 6.45. The lowest BCUT2D eigenvalue weighted by Gasteiger charge is -2.23. The molecule has 6 nitrogen and oxygen atoms in total. The number of rotatable bonds is 5. The number of nitrogens with one attached hydrogen (secondary N) is 1. The van der Waals surface area contributed by atoms with E-state index in [2.05, 4.69) is 35.5 Å². The number of hydrogen-bond donors (Lipinski definition) is 3. The van der Waals surface area contributed by atoms with E-state index in [4.69, 9.17) is 16.3 Å². The van der Waals surface area contributed by atoms with Crippen LogP contribution in [0.5, 0.6) is 0 Å². The summed E-state index contributed by atoms with van der Waals surface area (Å²) in [5.74, 6) is 5.46. The molecule has 0 saturated carbocycles. The average molecular weight is 368 g/mol. The summed E-state index contributed by atoms with van der Waals surface area (Å²) >= 11 is 0. The van der Waals surface area contributed by atoms with Gasteiger partial charge in [0.05, 0.1) is 6.04 Å². The number of carbonyl (C=O) groups is 1. The zero-order valence-corrected chi connectivity index (χ0v) is 16.3. The van der Waals surface area contributed by atoms with Crippen LogP contribution in [-0.4, -0.2) is 23.6 Å². The van der Waals surface area contributed by atoms with Gasteiger partial charge in [-0.05, 0) is 44.4 Å². The van der Waals surface area contributed by atoms with E-state index in [0.717, 1.165) is 16.7 Å². The molecule has 0 aliphatic carbocycles. The Hall–Kier alpha value is -3.02. The Morgan fingerprint density at radius 1 is 1.15 bits per heavy atom. The summed E-state index contributed by atoms with van der Waals surface area (Å²) in [7, 11) is 0. The highest BCUT2D eigenvalue weighted by Gasteiger charge is 2.22. The molecule has 0 unspecified atom stereocenters. The van der Waals surface area contributed by atoms with Crippen molar-refractivity contribution >= 4 is 11.9 Å². The van der Waals surface area contributed by atoms with Crippen LogP contribution in [-0.2, 0) is 11.2 Å². The molecule has 0 fully saturated rings. The van der Waals surface area contributed by atoms with Gasteiger partial charge >= 0.3 is 6.09 Å². The second kappa shape index (κ2) is 8.58. The first-order valence-corrected chi connectivity index (χ1v) is 8.86. The summed E-state index contributed by atoms with van der Waals surface area (Å²) in [5, 5.41) is 6.26. The molecule has 0 bridgehead atoms. The van der Waals surface area contributed by atoms with Gasteiger partial charge in [0.1, 0.15) is 11.4 Å². The zero-order chi connectivity index (χ0) is 20.0. The molecule has 0 saturated heterocycles. The molecule has 6 heteroatoms. The van der Waals surface area contributed by atoms with Crippen LogP contribution in [0.2, 0.25) is 0 Å². The fourth-order valence-electron chi connectivity index (χ4n) is 2.66. The highest BCUT2D eigenvalue weighted by Crippen LogP contribution is 2.21. The van der Waals surface area contributed by atoms with Crippen molar-refractivity contribution in [1.29, 1.82) is 0 Å². The van der Waals surface area contributed by atoms with Gasteiger partial charge in [-0.3, -0.25) is 0 Å². The predicted octanol–water partition coefficient (Wildman–Crippen LogP) is 3.33. The summed E-state index contributed by atoms with van der Waals surface area (Å²) in [6.45, 7) is 7.46. The summed E-state index contributed by atoms with van der Waals surface area (Å²) in [5.41, 5.74) is 9.77. The zero-order valence-electron chi connectivity index (χ0n) is 16.3. The highest BCUT2D eigenvalue weighted by atomic mass is 16.6. The lowest BCUT2D eigenvalue weighted by atomic mass is 9.99. The van der Waals surface area contributed by atoms with E-state index in [1.54, 1.807) is 20.8 Å². The molecule has 144 valence electrons. The number of hydrogen-bond acceptors (Lipinski definition) is 4. The minimum absolute atomic E-state index is 0.142. The van der Waals surface area contributed by atoms with Crippen molar-refractivity contribution in [3.05, 3.63) is 59.7 Å². The predicted molar refractivity (Wildman–Crippen MR) is 109 cm³/mol. The number of nitrogens with two attached hydrogens (primary N) is 2. The molecule has 0 aliphatic heterocycles. The quantitative estimate of drug-likeness (QED) is 0.326. The normalized spacial score (nSPS) is 13.1. The number of hydrazone groups is 1. The number of benzene rings is 2. The maximum absolute atomic E-state index is 12.1. The topological polar surface area (TPSA) is 103 Å². The van der Waals surface area contributed by atoms with Gasteiger partial charge < -0.3 is 21.6 Å². The first kappa shape index (κ1) is 20.3. The largest absolute Gasteiger partial charge is 0.444 e. The van der Waals surface area contributed by atoms with Crippen molar-refractivity contribution in [2.75, 3.05) is 0 Å². The molecule has 0 heterocycles. The molecule has 0 radical (unpaired) electrons. The highest BCUT2D eigenvalue weighted by molar-refractivity contribution is 5.89. The lowest BCUT2D eigenvalue weighted by Crippen LogP contribution is -2.48. The van der Waals surface area contributed by atoms with E-state index in [-0.39, 0.29) is 5.84 Å². The minimum Gasteiger partial charge on any atom is -0.444 e. The second-order valence-electron chi connectivity index (χ2n) is 7.52. The number of alkyl carbamates (subject to hydrolysis) is 1. The standard InChI is InChI=1S/C21H28N4O2/c1-14-6-5-7-17(12-14)16-10-8-15(9-11-16)13-18(19(22)25-23)24-20(26)27-21(2,3)4/h5-12,18H,13,23H2,1-4H3,(H2,22,25)(H,24,26)/t18-/m0/s1. The summed E-state index contributed by atoms with van der Waals surface area (Å²) in [6.07, 6.45) is -0.102. The monoisotopic (exact) mass is 368 g/mol. The van der Waals surface area contributed by atoms with Gasteiger partial charge in [0, 0.05) is 6.42 Å². The van der Waals surface area contributed by atoms with Crippen LogP contribution in [0.3, 0.4) is 0 Å². The van der Waals surface area contributed by atoms with Gasteiger partial charge in [0.25, 0.3) is 0 Å². The van der Waals surface area contributed by atoms with E-state index in [1.165, 1.54) is 5.56 Å².